The van der Waals surface area contributed by atoms with Crippen molar-refractivity contribution in [2.24, 2.45) is 0 Å². The molecule has 0 bridgehead atoms. The Balaban J connectivity index is 1.66. The molecule has 0 amide bonds. The van der Waals surface area contributed by atoms with E-state index in [-0.39, 0.29) is 0 Å². The van der Waals surface area contributed by atoms with Crippen LogP contribution in [0.15, 0.2) is 41.4 Å². The van der Waals surface area contributed by atoms with Gasteiger partial charge in [-0.1, -0.05) is 49.0 Å². The summed E-state index contributed by atoms with van der Waals surface area (Å²) < 4.78 is 1.86. The van der Waals surface area contributed by atoms with E-state index in [1.165, 1.54) is 10.4 Å². The fraction of sp³-hybridized carbons (Fsp3) is 0.278. The Kier molecular flexibility index (Phi) is 4.94. The molecule has 0 fully saturated rings. The van der Waals surface area contributed by atoms with Crippen LogP contribution in [0.5, 0.6) is 0 Å². The highest BCUT2D eigenvalue weighted by Crippen LogP contribution is 2.37. The second kappa shape index (κ2) is 7.51. The minimum absolute atomic E-state index is 0.690. The van der Waals surface area contributed by atoms with E-state index in [4.69, 9.17) is 0 Å². The van der Waals surface area contributed by atoms with Crippen LogP contribution >= 0.6 is 23.1 Å². The highest BCUT2D eigenvalue weighted by Gasteiger charge is 2.14. The van der Waals surface area contributed by atoms with Gasteiger partial charge in [0.1, 0.15) is 15.7 Å². The van der Waals surface area contributed by atoms with Gasteiger partial charge in [0.05, 0.1) is 5.75 Å². The van der Waals surface area contributed by atoms with Crippen LogP contribution in [0.1, 0.15) is 25.0 Å². The molecule has 3 heterocycles. The van der Waals surface area contributed by atoms with Gasteiger partial charge in [-0.15, -0.1) is 16.4 Å². The molecule has 26 heavy (non-hydrogen) atoms. The lowest BCUT2D eigenvalue weighted by atomic mass is 10.2. The molecule has 0 aliphatic heterocycles. The first-order valence-electron chi connectivity index (χ1n) is 8.46. The van der Waals surface area contributed by atoms with E-state index in [9.17, 15) is 0 Å². The summed E-state index contributed by atoms with van der Waals surface area (Å²) >= 11 is 3.37. The van der Waals surface area contributed by atoms with Crippen molar-refractivity contribution < 1.29 is 0 Å². The maximum absolute atomic E-state index is 4.66. The lowest BCUT2D eigenvalue weighted by Crippen LogP contribution is -2.04. The Morgan fingerprint density at radius 1 is 1.15 bits per heavy atom. The minimum atomic E-state index is 0.690. The van der Waals surface area contributed by atoms with Crippen LogP contribution in [-0.2, 0) is 12.3 Å². The number of nitrogens with zero attached hydrogens (tertiary/aromatic N) is 6. The Hall–Kier alpha value is -2.32. The number of tetrazole rings is 1. The van der Waals surface area contributed by atoms with Gasteiger partial charge in [0.25, 0.3) is 0 Å². The summed E-state index contributed by atoms with van der Waals surface area (Å²) in [5.41, 5.74) is 1.20. The molecule has 0 N–H and O–H groups in total. The van der Waals surface area contributed by atoms with E-state index in [2.05, 4.69) is 62.7 Å². The van der Waals surface area contributed by atoms with Crippen molar-refractivity contribution in [2.45, 2.75) is 37.6 Å². The van der Waals surface area contributed by atoms with Gasteiger partial charge in [0.15, 0.2) is 5.82 Å². The van der Waals surface area contributed by atoms with E-state index in [1.807, 2.05) is 17.7 Å². The van der Waals surface area contributed by atoms with E-state index < -0.39 is 0 Å². The third-order valence-electron chi connectivity index (χ3n) is 3.91. The first-order valence-corrected chi connectivity index (χ1v) is 10.3. The molecule has 1 aromatic carbocycles. The second-order valence-electron chi connectivity index (χ2n) is 5.88. The SMILES string of the molecule is CCCn1nnnc1CSc1nc(C)nc2sc(-c3ccccc3)cc12. The van der Waals surface area contributed by atoms with Gasteiger partial charge in [0.2, 0.25) is 0 Å². The summed E-state index contributed by atoms with van der Waals surface area (Å²) in [6.07, 6.45) is 1.00. The van der Waals surface area contributed by atoms with Crippen LogP contribution < -0.4 is 0 Å². The summed E-state index contributed by atoms with van der Waals surface area (Å²) in [5.74, 6) is 2.35. The average Bonchev–Trinajstić information content (AvgIpc) is 3.27. The fourth-order valence-electron chi connectivity index (χ4n) is 2.70. The van der Waals surface area contributed by atoms with Crippen molar-refractivity contribution in [3.05, 3.63) is 48.0 Å². The predicted octanol–water partition coefficient (Wildman–Crippen LogP) is 4.36. The summed E-state index contributed by atoms with van der Waals surface area (Å²) in [7, 11) is 0. The molecule has 8 heteroatoms. The zero-order chi connectivity index (χ0) is 17.9. The summed E-state index contributed by atoms with van der Waals surface area (Å²) in [6.45, 7) is 4.89. The Morgan fingerprint density at radius 2 is 2.00 bits per heavy atom. The Bertz CT molecular complexity index is 1020. The maximum atomic E-state index is 4.66. The highest BCUT2D eigenvalue weighted by atomic mass is 32.2. The highest BCUT2D eigenvalue weighted by molar-refractivity contribution is 7.98. The molecule has 0 unspecified atom stereocenters. The number of rotatable bonds is 6. The third-order valence-corrected chi connectivity index (χ3v) is 5.97. The first-order chi connectivity index (χ1) is 12.7. The van der Waals surface area contributed by atoms with Gasteiger partial charge < -0.3 is 0 Å². The van der Waals surface area contributed by atoms with Crippen molar-refractivity contribution in [1.82, 2.24) is 30.2 Å². The van der Waals surface area contributed by atoms with Crippen LogP contribution in [0.2, 0.25) is 0 Å². The maximum Gasteiger partial charge on any atom is 0.161 e. The van der Waals surface area contributed by atoms with Gasteiger partial charge in [-0.3, -0.25) is 0 Å². The van der Waals surface area contributed by atoms with Crippen LogP contribution in [0.4, 0.5) is 0 Å². The van der Waals surface area contributed by atoms with Crippen molar-refractivity contribution >= 4 is 33.3 Å². The molecule has 6 nitrogen and oxygen atoms in total. The van der Waals surface area contributed by atoms with Gasteiger partial charge in [-0.05, 0) is 35.4 Å². The molecular weight excluding hydrogens is 364 g/mol. The molecular formula is C18H18N6S2. The fourth-order valence-corrected chi connectivity index (χ4v) is 4.82. The van der Waals surface area contributed by atoms with Crippen molar-refractivity contribution in [3.63, 3.8) is 0 Å². The second-order valence-corrected chi connectivity index (χ2v) is 7.87. The molecule has 132 valence electrons. The standard InChI is InChI=1S/C18H18N6S2/c1-3-9-24-16(21-22-23-24)11-25-17-14-10-15(13-7-5-4-6-8-13)26-18(14)20-12(2)19-17/h4-8,10H,3,9,11H2,1-2H3. The van der Waals surface area contributed by atoms with Crippen LogP contribution in [0.3, 0.4) is 0 Å². The van der Waals surface area contributed by atoms with Crippen molar-refractivity contribution in [2.75, 3.05) is 0 Å². The minimum Gasteiger partial charge on any atom is -0.229 e. The Labute approximate surface area is 159 Å². The lowest BCUT2D eigenvalue weighted by Gasteiger charge is -2.04. The predicted molar refractivity (Wildman–Crippen MR) is 105 cm³/mol. The average molecular weight is 383 g/mol. The number of aromatic nitrogens is 6. The van der Waals surface area contributed by atoms with Gasteiger partial charge in [-0.2, -0.15) is 0 Å². The van der Waals surface area contributed by atoms with E-state index in [0.29, 0.717) is 5.75 Å². The molecule has 0 saturated heterocycles. The number of fused-ring (bicyclic) bond motifs is 1. The smallest absolute Gasteiger partial charge is 0.161 e. The lowest BCUT2D eigenvalue weighted by molar-refractivity contribution is 0.564. The molecule has 4 rings (SSSR count). The van der Waals surface area contributed by atoms with Gasteiger partial charge in [0, 0.05) is 16.8 Å². The number of benzene rings is 1. The molecule has 4 aromatic rings. The van der Waals surface area contributed by atoms with E-state index in [0.717, 1.165) is 39.9 Å². The monoisotopic (exact) mass is 382 g/mol. The third kappa shape index (κ3) is 3.47. The number of hydrogen-bond donors (Lipinski definition) is 0. The molecule has 0 aliphatic rings. The van der Waals surface area contributed by atoms with E-state index >= 15 is 0 Å². The molecule has 3 aromatic heterocycles. The Morgan fingerprint density at radius 3 is 2.81 bits per heavy atom. The van der Waals surface area contributed by atoms with Crippen LogP contribution in [0, 0.1) is 6.92 Å². The molecule has 0 spiro atoms. The zero-order valence-electron chi connectivity index (χ0n) is 14.6. The molecule has 0 saturated carbocycles. The topological polar surface area (TPSA) is 69.4 Å². The summed E-state index contributed by atoms with van der Waals surface area (Å²) in [6, 6.07) is 12.6. The largest absolute Gasteiger partial charge is 0.229 e. The first kappa shape index (κ1) is 17.1. The van der Waals surface area contributed by atoms with E-state index in [1.54, 1.807) is 23.1 Å². The molecule has 0 radical (unpaired) electrons. The number of thioether (sulfide) groups is 1. The van der Waals surface area contributed by atoms with Gasteiger partial charge >= 0.3 is 0 Å². The normalized spacial score (nSPS) is 11.3. The number of thiophene rings is 1. The number of aryl methyl sites for hydroxylation is 2. The summed E-state index contributed by atoms with van der Waals surface area (Å²) in [4.78, 5) is 11.5. The zero-order valence-corrected chi connectivity index (χ0v) is 16.2. The van der Waals surface area contributed by atoms with Gasteiger partial charge in [-0.25, -0.2) is 14.6 Å². The van der Waals surface area contributed by atoms with Crippen LogP contribution in [-0.4, -0.2) is 30.2 Å². The summed E-state index contributed by atoms with van der Waals surface area (Å²) in [5, 5.41) is 14.1. The van der Waals surface area contributed by atoms with Crippen LogP contribution in [0.25, 0.3) is 20.7 Å². The number of hydrogen-bond acceptors (Lipinski definition) is 7. The molecule has 0 atom stereocenters. The molecule has 0 aliphatic carbocycles. The van der Waals surface area contributed by atoms with Crippen molar-refractivity contribution in [3.8, 4) is 10.4 Å². The quantitative estimate of drug-likeness (QED) is 0.365. The van der Waals surface area contributed by atoms with Crippen molar-refractivity contribution in [1.29, 1.82) is 0 Å².